The van der Waals surface area contributed by atoms with E-state index in [1.165, 1.54) is 7.11 Å². The van der Waals surface area contributed by atoms with E-state index in [4.69, 9.17) is 4.74 Å². The number of nitrogens with zero attached hydrogens (tertiary/aromatic N) is 1. The summed E-state index contributed by atoms with van der Waals surface area (Å²) in [5, 5.41) is 13.4. The van der Waals surface area contributed by atoms with Gasteiger partial charge in [-0.2, -0.15) is 0 Å². The lowest BCUT2D eigenvalue weighted by Gasteiger charge is -2.16. The van der Waals surface area contributed by atoms with Crippen molar-refractivity contribution in [1.82, 2.24) is 9.88 Å². The second-order valence-electron chi connectivity index (χ2n) is 10.1. The van der Waals surface area contributed by atoms with Crippen molar-refractivity contribution in [1.29, 1.82) is 0 Å². The minimum absolute atomic E-state index is 0.136. The molecule has 0 aliphatic carbocycles. The Morgan fingerprint density at radius 3 is 2.41 bits per heavy atom. The van der Waals surface area contributed by atoms with Crippen molar-refractivity contribution in [2.75, 3.05) is 7.11 Å². The van der Waals surface area contributed by atoms with Crippen LogP contribution < -0.4 is 10.1 Å². The molecule has 0 aliphatic rings. The molecule has 0 unspecified atom stereocenters. The highest BCUT2D eigenvalue weighted by Gasteiger charge is 2.19. The van der Waals surface area contributed by atoms with Crippen molar-refractivity contribution in [2.24, 2.45) is 0 Å². The predicted molar refractivity (Wildman–Crippen MR) is 158 cm³/mol. The summed E-state index contributed by atoms with van der Waals surface area (Å²) in [4.78, 5) is 24.8. The Morgan fingerprint density at radius 1 is 0.976 bits per heavy atom. The van der Waals surface area contributed by atoms with E-state index in [1.807, 2.05) is 55.5 Å². The Labute approximate surface area is 238 Å². The molecule has 4 aromatic carbocycles. The van der Waals surface area contributed by atoms with Crippen LogP contribution in [-0.2, 0) is 6.54 Å². The molecule has 0 spiro atoms. The van der Waals surface area contributed by atoms with Crippen LogP contribution >= 0.6 is 0 Å². The Bertz CT molecular complexity index is 1770. The number of nitrogens with one attached hydrogen (secondary N) is 1. The van der Waals surface area contributed by atoms with Gasteiger partial charge in [-0.1, -0.05) is 54.6 Å². The minimum atomic E-state index is -0.954. The van der Waals surface area contributed by atoms with E-state index < -0.39 is 17.8 Å². The fourth-order valence-corrected chi connectivity index (χ4v) is 5.27. The van der Waals surface area contributed by atoms with Gasteiger partial charge < -0.3 is 19.7 Å². The van der Waals surface area contributed by atoms with E-state index in [-0.39, 0.29) is 17.2 Å². The maximum atomic E-state index is 14.7. The number of hydrogen-bond donors (Lipinski definition) is 2. The van der Waals surface area contributed by atoms with E-state index in [1.54, 1.807) is 43.3 Å². The zero-order chi connectivity index (χ0) is 29.3. The smallest absolute Gasteiger partial charge is 0.336 e. The van der Waals surface area contributed by atoms with Gasteiger partial charge in [-0.3, -0.25) is 4.79 Å². The first-order valence-electron chi connectivity index (χ1n) is 13.3. The number of methoxy groups -OCH3 is 1. The van der Waals surface area contributed by atoms with Crippen LogP contribution in [0.2, 0.25) is 0 Å². The highest BCUT2D eigenvalue weighted by Crippen LogP contribution is 2.30. The zero-order valence-corrected chi connectivity index (χ0v) is 23.4. The Kier molecular flexibility index (Phi) is 7.62. The molecule has 1 aromatic heterocycles. The number of carbonyl (C=O) groups excluding carboxylic acids is 1. The number of aryl methyl sites for hydroxylation is 1. The van der Waals surface area contributed by atoms with Crippen LogP contribution in [0.3, 0.4) is 0 Å². The van der Waals surface area contributed by atoms with Gasteiger partial charge in [-0.25, -0.2) is 9.18 Å². The summed E-state index contributed by atoms with van der Waals surface area (Å²) in [6.07, 6.45) is 0. The number of aromatic nitrogens is 1. The molecule has 1 heterocycles. The van der Waals surface area contributed by atoms with Crippen LogP contribution in [0.25, 0.3) is 22.0 Å². The monoisotopic (exact) mass is 550 g/mol. The van der Waals surface area contributed by atoms with Gasteiger partial charge in [0.2, 0.25) is 0 Å². The fraction of sp³-hybridized carbons (Fsp3) is 0.176. The van der Waals surface area contributed by atoms with Crippen LogP contribution in [0.1, 0.15) is 56.1 Å². The SMILES string of the molecule is COc1cccc([C@H](C)NC(=O)c2ccc3c(c2)c(C)c(C)n3Cc2ccc(-c3ccccc3C(=O)O)cc2)c1F. The van der Waals surface area contributed by atoms with Gasteiger partial charge in [0.1, 0.15) is 0 Å². The summed E-state index contributed by atoms with van der Waals surface area (Å²) in [7, 11) is 1.41. The Balaban J connectivity index is 1.38. The number of aromatic carboxylic acids is 1. The lowest BCUT2D eigenvalue weighted by molar-refractivity contribution is 0.0697. The van der Waals surface area contributed by atoms with Crippen LogP contribution in [-0.4, -0.2) is 28.7 Å². The van der Waals surface area contributed by atoms with Crippen molar-refractivity contribution in [2.45, 2.75) is 33.4 Å². The molecule has 0 saturated heterocycles. The predicted octanol–water partition coefficient (Wildman–Crippen LogP) is 7.31. The maximum Gasteiger partial charge on any atom is 0.336 e. The molecule has 208 valence electrons. The summed E-state index contributed by atoms with van der Waals surface area (Å²) in [5.41, 5.74) is 6.88. The molecule has 7 heteroatoms. The van der Waals surface area contributed by atoms with Crippen molar-refractivity contribution >= 4 is 22.8 Å². The number of carboxylic acid groups (broad SMARTS) is 1. The largest absolute Gasteiger partial charge is 0.494 e. The van der Waals surface area contributed by atoms with Gasteiger partial charge in [0, 0.05) is 34.3 Å². The van der Waals surface area contributed by atoms with Gasteiger partial charge in [-0.05, 0) is 73.4 Å². The van der Waals surface area contributed by atoms with Crippen LogP contribution in [0.4, 0.5) is 4.39 Å². The van der Waals surface area contributed by atoms with Crippen LogP contribution in [0, 0.1) is 19.7 Å². The van der Waals surface area contributed by atoms with Crippen molar-refractivity contribution in [3.63, 3.8) is 0 Å². The average molecular weight is 551 g/mol. The van der Waals surface area contributed by atoms with Crippen LogP contribution in [0.5, 0.6) is 5.75 Å². The van der Waals surface area contributed by atoms with E-state index >= 15 is 0 Å². The molecule has 5 rings (SSSR count). The second kappa shape index (κ2) is 11.3. The lowest BCUT2D eigenvalue weighted by atomic mass is 9.99. The van der Waals surface area contributed by atoms with E-state index in [2.05, 4.69) is 16.8 Å². The van der Waals surface area contributed by atoms with E-state index in [9.17, 15) is 19.1 Å². The minimum Gasteiger partial charge on any atom is -0.494 e. The highest BCUT2D eigenvalue weighted by molar-refractivity contribution is 5.99. The third-order valence-corrected chi connectivity index (χ3v) is 7.69. The van der Waals surface area contributed by atoms with Gasteiger partial charge in [-0.15, -0.1) is 0 Å². The second-order valence-corrected chi connectivity index (χ2v) is 10.1. The molecule has 5 aromatic rings. The Morgan fingerprint density at radius 2 is 1.71 bits per heavy atom. The first-order valence-corrected chi connectivity index (χ1v) is 13.3. The molecular formula is C34H31FN2O4. The highest BCUT2D eigenvalue weighted by atomic mass is 19.1. The number of fused-ring (bicyclic) bond motifs is 1. The molecule has 1 amide bonds. The molecule has 0 aliphatic heterocycles. The maximum absolute atomic E-state index is 14.7. The quantitative estimate of drug-likeness (QED) is 0.212. The number of rotatable bonds is 8. The van der Waals surface area contributed by atoms with Gasteiger partial charge >= 0.3 is 5.97 Å². The molecule has 0 bridgehead atoms. The fourth-order valence-electron chi connectivity index (χ4n) is 5.27. The van der Waals surface area contributed by atoms with Gasteiger partial charge in [0.15, 0.2) is 11.6 Å². The number of amides is 1. The molecule has 0 radical (unpaired) electrons. The summed E-state index contributed by atoms with van der Waals surface area (Å²) in [6.45, 7) is 6.46. The summed E-state index contributed by atoms with van der Waals surface area (Å²) < 4.78 is 22.0. The number of carbonyl (C=O) groups is 2. The number of ether oxygens (including phenoxy) is 1. The molecule has 1 atom stereocenters. The summed E-state index contributed by atoms with van der Waals surface area (Å²) >= 11 is 0. The molecule has 41 heavy (non-hydrogen) atoms. The standard InChI is InChI=1S/C34H31FN2O4/c1-20-22(3)37(19-23-12-14-24(15-13-23)27-8-5-6-9-28(27)34(39)40)30-17-16-25(18-29(20)30)33(38)36-21(2)26-10-7-11-31(41-4)32(26)35/h5-18,21H,19H2,1-4H3,(H,36,38)(H,39,40)/t21-/m0/s1. The number of halogens is 1. The first kappa shape index (κ1) is 27.6. The lowest BCUT2D eigenvalue weighted by Crippen LogP contribution is -2.27. The normalized spacial score (nSPS) is 11.8. The number of carboxylic acids is 1. The summed E-state index contributed by atoms with van der Waals surface area (Å²) in [6, 6.07) is 24.8. The van der Waals surface area contributed by atoms with Crippen molar-refractivity contribution in [3.8, 4) is 16.9 Å². The first-order chi connectivity index (χ1) is 19.7. The van der Waals surface area contributed by atoms with E-state index in [0.717, 1.165) is 33.3 Å². The molecule has 2 N–H and O–H groups in total. The zero-order valence-electron chi connectivity index (χ0n) is 23.4. The third-order valence-electron chi connectivity index (χ3n) is 7.69. The molecule has 0 fully saturated rings. The summed E-state index contributed by atoms with van der Waals surface area (Å²) in [5.74, 6) is -1.59. The molecule has 6 nitrogen and oxygen atoms in total. The molecule has 0 saturated carbocycles. The third kappa shape index (κ3) is 5.31. The average Bonchev–Trinajstić information content (AvgIpc) is 3.21. The topological polar surface area (TPSA) is 80.6 Å². The number of hydrogen-bond acceptors (Lipinski definition) is 3. The van der Waals surface area contributed by atoms with Gasteiger partial charge in [0.05, 0.1) is 18.7 Å². The number of benzene rings is 4. The Hall–Kier alpha value is -4.91. The van der Waals surface area contributed by atoms with E-state index in [0.29, 0.717) is 23.2 Å². The molecular weight excluding hydrogens is 519 g/mol. The van der Waals surface area contributed by atoms with Crippen molar-refractivity contribution < 1.29 is 23.8 Å². The van der Waals surface area contributed by atoms with Crippen molar-refractivity contribution in [3.05, 3.63) is 124 Å². The van der Waals surface area contributed by atoms with Crippen LogP contribution in [0.15, 0.2) is 84.9 Å². The van der Waals surface area contributed by atoms with Gasteiger partial charge in [0.25, 0.3) is 5.91 Å².